The van der Waals surface area contributed by atoms with Crippen molar-refractivity contribution in [1.82, 2.24) is 19.9 Å². The average Bonchev–Trinajstić information content (AvgIpc) is 2.17. The Hall–Kier alpha value is -2.18. The lowest BCUT2D eigenvalue weighted by Gasteiger charge is -1.97. The number of hydrogen-bond acceptors (Lipinski definition) is 5. The lowest BCUT2D eigenvalue weighted by molar-refractivity contribution is 0.381. The van der Waals surface area contributed by atoms with Crippen LogP contribution in [0.15, 0.2) is 15.8 Å². The maximum atomic E-state index is 11.2. The van der Waals surface area contributed by atoms with Crippen molar-refractivity contribution in [2.75, 3.05) is 7.11 Å². The maximum Gasteiger partial charge on any atom is 0.326 e. The molecule has 7 nitrogen and oxygen atoms in total. The third kappa shape index (κ3) is 1.24. The molecule has 2 N–H and O–H groups in total. The maximum absolute atomic E-state index is 11.2. The van der Waals surface area contributed by atoms with Crippen LogP contribution in [-0.4, -0.2) is 27.0 Å². The SMILES string of the molecule is COc1ncc2[nH]c(=O)[nH]c(=O)c2n1. The van der Waals surface area contributed by atoms with Gasteiger partial charge in [0.05, 0.1) is 18.8 Å². The van der Waals surface area contributed by atoms with Crippen LogP contribution < -0.4 is 16.0 Å². The zero-order chi connectivity index (χ0) is 10.1. The van der Waals surface area contributed by atoms with Crippen molar-refractivity contribution in [3.8, 4) is 6.01 Å². The number of nitrogens with one attached hydrogen (secondary N) is 2. The Bertz CT molecular complexity index is 585. The van der Waals surface area contributed by atoms with Crippen LogP contribution in [0.3, 0.4) is 0 Å². The minimum absolute atomic E-state index is 0.0787. The lowest BCUT2D eigenvalue weighted by Crippen LogP contribution is -2.22. The Labute approximate surface area is 76.8 Å². The van der Waals surface area contributed by atoms with Gasteiger partial charge in [-0.3, -0.25) is 9.78 Å². The van der Waals surface area contributed by atoms with E-state index < -0.39 is 11.2 Å². The molecule has 0 unspecified atom stereocenters. The van der Waals surface area contributed by atoms with Crippen molar-refractivity contribution in [3.05, 3.63) is 27.0 Å². The molecule has 0 spiro atoms. The average molecular weight is 194 g/mol. The van der Waals surface area contributed by atoms with Gasteiger partial charge < -0.3 is 9.72 Å². The van der Waals surface area contributed by atoms with E-state index in [2.05, 4.69) is 19.9 Å². The predicted molar refractivity (Wildman–Crippen MR) is 47.3 cm³/mol. The normalized spacial score (nSPS) is 10.4. The van der Waals surface area contributed by atoms with Gasteiger partial charge in [0.15, 0.2) is 5.52 Å². The summed E-state index contributed by atoms with van der Waals surface area (Å²) in [5.74, 6) is 0. The van der Waals surface area contributed by atoms with Gasteiger partial charge in [0.2, 0.25) is 0 Å². The Morgan fingerprint density at radius 3 is 2.86 bits per heavy atom. The molecule has 0 saturated carbocycles. The zero-order valence-corrected chi connectivity index (χ0v) is 7.20. The number of hydrogen-bond donors (Lipinski definition) is 2. The van der Waals surface area contributed by atoms with Crippen LogP contribution in [0.5, 0.6) is 6.01 Å². The van der Waals surface area contributed by atoms with E-state index in [0.29, 0.717) is 0 Å². The van der Waals surface area contributed by atoms with Crippen molar-refractivity contribution < 1.29 is 4.74 Å². The smallest absolute Gasteiger partial charge is 0.326 e. The molecule has 0 amide bonds. The van der Waals surface area contributed by atoms with E-state index in [1.165, 1.54) is 13.3 Å². The third-order valence-corrected chi connectivity index (χ3v) is 1.64. The summed E-state index contributed by atoms with van der Waals surface area (Å²) in [6, 6.07) is 0.0787. The van der Waals surface area contributed by atoms with Gasteiger partial charge in [0.25, 0.3) is 5.56 Å². The van der Waals surface area contributed by atoms with Crippen molar-refractivity contribution in [2.45, 2.75) is 0 Å². The first-order chi connectivity index (χ1) is 6.70. The summed E-state index contributed by atoms with van der Waals surface area (Å²) in [7, 11) is 1.39. The van der Waals surface area contributed by atoms with E-state index >= 15 is 0 Å². The number of aromatic nitrogens is 4. The van der Waals surface area contributed by atoms with E-state index in [4.69, 9.17) is 4.74 Å². The minimum atomic E-state index is -0.587. The first kappa shape index (κ1) is 8.42. The second-order valence-electron chi connectivity index (χ2n) is 2.53. The summed E-state index contributed by atoms with van der Waals surface area (Å²) in [6.45, 7) is 0. The van der Waals surface area contributed by atoms with Gasteiger partial charge in [-0.25, -0.2) is 9.78 Å². The van der Waals surface area contributed by atoms with Gasteiger partial charge in [-0.15, -0.1) is 0 Å². The molecule has 14 heavy (non-hydrogen) atoms. The molecule has 2 aromatic rings. The fourth-order valence-electron chi connectivity index (χ4n) is 1.04. The second-order valence-corrected chi connectivity index (χ2v) is 2.53. The van der Waals surface area contributed by atoms with Gasteiger partial charge >= 0.3 is 11.7 Å². The Morgan fingerprint density at radius 1 is 1.36 bits per heavy atom. The monoisotopic (exact) mass is 194 g/mol. The Kier molecular flexibility index (Phi) is 1.77. The molecule has 0 fully saturated rings. The first-order valence-electron chi connectivity index (χ1n) is 3.74. The summed E-state index contributed by atoms with van der Waals surface area (Å²) < 4.78 is 4.74. The third-order valence-electron chi connectivity index (χ3n) is 1.64. The number of nitrogens with zero attached hydrogens (tertiary/aromatic N) is 2. The quantitative estimate of drug-likeness (QED) is 0.607. The highest BCUT2D eigenvalue weighted by molar-refractivity contribution is 5.71. The largest absolute Gasteiger partial charge is 0.467 e. The van der Waals surface area contributed by atoms with Gasteiger partial charge in [0, 0.05) is 0 Å². The van der Waals surface area contributed by atoms with E-state index in [0.717, 1.165) is 0 Å². The Balaban J connectivity index is 2.89. The molecule has 0 aliphatic rings. The van der Waals surface area contributed by atoms with Crippen LogP contribution in [0.25, 0.3) is 11.0 Å². The highest BCUT2D eigenvalue weighted by Crippen LogP contribution is 2.04. The van der Waals surface area contributed by atoms with E-state index in [1.807, 2.05) is 0 Å². The van der Waals surface area contributed by atoms with Gasteiger partial charge in [-0.1, -0.05) is 0 Å². The highest BCUT2D eigenvalue weighted by atomic mass is 16.5. The molecule has 2 heterocycles. The number of aromatic amines is 2. The van der Waals surface area contributed by atoms with E-state index in [1.54, 1.807) is 0 Å². The van der Waals surface area contributed by atoms with Crippen molar-refractivity contribution in [2.24, 2.45) is 0 Å². The first-order valence-corrected chi connectivity index (χ1v) is 3.74. The Morgan fingerprint density at radius 2 is 2.14 bits per heavy atom. The second kappa shape index (κ2) is 2.95. The van der Waals surface area contributed by atoms with E-state index in [9.17, 15) is 9.59 Å². The molecular formula is C7H6N4O3. The van der Waals surface area contributed by atoms with Crippen LogP contribution >= 0.6 is 0 Å². The van der Waals surface area contributed by atoms with Crippen LogP contribution in [0.4, 0.5) is 0 Å². The summed E-state index contributed by atoms with van der Waals surface area (Å²) >= 11 is 0. The van der Waals surface area contributed by atoms with Crippen molar-refractivity contribution in [3.63, 3.8) is 0 Å². The number of ether oxygens (including phenoxy) is 1. The summed E-state index contributed by atoms with van der Waals surface area (Å²) in [5.41, 5.74) is -0.781. The van der Waals surface area contributed by atoms with Gasteiger partial charge in [-0.2, -0.15) is 4.98 Å². The van der Waals surface area contributed by atoms with E-state index in [-0.39, 0.29) is 17.0 Å². The molecule has 0 aromatic carbocycles. The summed E-state index contributed by atoms with van der Waals surface area (Å²) in [6.07, 6.45) is 1.32. The molecule has 0 aliphatic heterocycles. The molecule has 2 aromatic heterocycles. The lowest BCUT2D eigenvalue weighted by atomic mass is 10.4. The number of methoxy groups -OCH3 is 1. The molecule has 7 heteroatoms. The molecule has 0 radical (unpaired) electrons. The van der Waals surface area contributed by atoms with Crippen LogP contribution in [0.2, 0.25) is 0 Å². The molecule has 72 valence electrons. The fraction of sp³-hybridized carbons (Fsp3) is 0.143. The molecule has 2 rings (SSSR count). The van der Waals surface area contributed by atoms with Crippen LogP contribution in [0, 0.1) is 0 Å². The molecule has 0 bridgehead atoms. The molecular weight excluding hydrogens is 188 g/mol. The fourth-order valence-corrected chi connectivity index (χ4v) is 1.04. The molecule has 0 aliphatic carbocycles. The van der Waals surface area contributed by atoms with Gasteiger partial charge in [-0.05, 0) is 0 Å². The highest BCUT2D eigenvalue weighted by Gasteiger charge is 2.04. The number of rotatable bonds is 1. The summed E-state index contributed by atoms with van der Waals surface area (Å²) in [4.78, 5) is 34.1. The molecule has 0 atom stereocenters. The standard InChI is InChI=1S/C7H6N4O3/c1-14-7-8-2-3-4(10-7)5(12)11-6(13)9-3/h2H,1H3,(H2,9,11,12,13). The van der Waals surface area contributed by atoms with Crippen LogP contribution in [-0.2, 0) is 0 Å². The number of fused-ring (bicyclic) bond motifs is 1. The van der Waals surface area contributed by atoms with Crippen molar-refractivity contribution in [1.29, 1.82) is 0 Å². The van der Waals surface area contributed by atoms with Gasteiger partial charge in [0.1, 0.15) is 0 Å². The molecule has 0 saturated heterocycles. The minimum Gasteiger partial charge on any atom is -0.467 e. The predicted octanol–water partition coefficient (Wildman–Crippen LogP) is -0.985. The summed E-state index contributed by atoms with van der Waals surface area (Å²) in [5, 5.41) is 0. The number of H-pyrrole nitrogens is 2. The van der Waals surface area contributed by atoms with Crippen molar-refractivity contribution >= 4 is 11.0 Å². The zero-order valence-electron chi connectivity index (χ0n) is 7.20. The van der Waals surface area contributed by atoms with Crippen LogP contribution in [0.1, 0.15) is 0 Å². The topological polar surface area (TPSA) is 101 Å².